The van der Waals surface area contributed by atoms with Crippen LogP contribution >= 0.6 is 22.9 Å². The van der Waals surface area contributed by atoms with Crippen LogP contribution in [0.1, 0.15) is 6.92 Å². The van der Waals surface area contributed by atoms with Crippen molar-refractivity contribution in [1.82, 2.24) is 14.4 Å². The fourth-order valence-corrected chi connectivity index (χ4v) is 2.57. The van der Waals surface area contributed by atoms with Crippen LogP contribution in [0.5, 0.6) is 0 Å². The van der Waals surface area contributed by atoms with E-state index in [1.165, 1.54) is 11.3 Å². The van der Waals surface area contributed by atoms with Crippen molar-refractivity contribution in [3.05, 3.63) is 33.4 Å². The highest BCUT2D eigenvalue weighted by atomic mass is 35.5. The van der Waals surface area contributed by atoms with Gasteiger partial charge >= 0.3 is 5.96 Å². The number of hydrogen-bond acceptors (Lipinski definition) is 4. The molecule has 0 bridgehead atoms. The lowest BCUT2D eigenvalue weighted by molar-refractivity contribution is -0.486. The zero-order valence-electron chi connectivity index (χ0n) is 11.8. The van der Waals surface area contributed by atoms with Gasteiger partial charge in [-0.1, -0.05) is 17.7 Å². The molecule has 110 valence electrons. The van der Waals surface area contributed by atoms with Gasteiger partial charge in [-0.25, -0.2) is 19.6 Å². The topological polar surface area (TPSA) is 71.6 Å². The lowest BCUT2D eigenvalue weighted by Gasteiger charge is -2.32. The molecule has 1 aromatic rings. The van der Waals surface area contributed by atoms with E-state index in [0.717, 1.165) is 5.00 Å². The SMILES string of the molecule is C=CC(C)N(C)C(=N[N+](=O)[O-])[N+](C)(C)c1cnc(Cl)s1. The Kier molecular flexibility index (Phi) is 5.21. The Morgan fingerprint density at radius 1 is 1.75 bits per heavy atom. The Balaban J connectivity index is 3.30. The second-order valence-corrected chi connectivity index (χ2v) is 6.22. The van der Waals surface area contributed by atoms with Gasteiger partial charge in [0.05, 0.1) is 20.1 Å². The Morgan fingerprint density at radius 3 is 2.75 bits per heavy atom. The number of rotatable bonds is 4. The molecule has 0 saturated carbocycles. The normalized spacial score (nSPS) is 13.9. The van der Waals surface area contributed by atoms with E-state index in [2.05, 4.69) is 16.7 Å². The maximum absolute atomic E-state index is 10.8. The molecule has 0 aliphatic heterocycles. The Hall–Kier alpha value is -1.51. The van der Waals surface area contributed by atoms with Crippen LogP contribution in [-0.2, 0) is 0 Å². The van der Waals surface area contributed by atoms with Gasteiger partial charge in [0.2, 0.25) is 5.00 Å². The molecule has 0 fully saturated rings. The average Bonchev–Trinajstić information content (AvgIpc) is 2.81. The summed E-state index contributed by atoms with van der Waals surface area (Å²) in [5.41, 5.74) is 0. The van der Waals surface area contributed by atoms with Crippen LogP contribution in [0.15, 0.2) is 24.0 Å². The van der Waals surface area contributed by atoms with Crippen molar-refractivity contribution < 1.29 is 5.03 Å². The summed E-state index contributed by atoms with van der Waals surface area (Å²) in [6, 6.07) is -0.102. The molecule has 0 N–H and O–H groups in total. The fraction of sp³-hybridized carbons (Fsp3) is 0.455. The predicted molar refractivity (Wildman–Crippen MR) is 82.6 cm³/mol. The number of hydrogen-bond donors (Lipinski definition) is 0. The number of likely N-dealkylation sites (N-methyl/N-ethyl adjacent to an activating group) is 1. The van der Waals surface area contributed by atoms with Crippen molar-refractivity contribution in [2.75, 3.05) is 21.1 Å². The van der Waals surface area contributed by atoms with Crippen molar-refractivity contribution in [1.29, 1.82) is 0 Å². The summed E-state index contributed by atoms with van der Waals surface area (Å²) in [6.45, 7) is 5.57. The van der Waals surface area contributed by atoms with Crippen LogP contribution in [0, 0.1) is 10.1 Å². The van der Waals surface area contributed by atoms with Crippen molar-refractivity contribution in [2.24, 2.45) is 5.10 Å². The molecule has 0 spiro atoms. The van der Waals surface area contributed by atoms with Gasteiger partial charge < -0.3 is 4.90 Å². The highest BCUT2D eigenvalue weighted by Gasteiger charge is 2.37. The molecule has 20 heavy (non-hydrogen) atoms. The Bertz CT molecular complexity index is 543. The molecule has 1 heterocycles. The minimum absolute atomic E-state index is 0.0695. The molecule has 1 atom stereocenters. The Labute approximate surface area is 126 Å². The third-order valence-corrected chi connectivity index (χ3v) is 4.33. The highest BCUT2D eigenvalue weighted by molar-refractivity contribution is 7.19. The molecule has 0 aliphatic carbocycles. The first-order chi connectivity index (χ1) is 9.20. The van der Waals surface area contributed by atoms with E-state index < -0.39 is 5.03 Å². The lowest BCUT2D eigenvalue weighted by Crippen LogP contribution is -2.56. The quantitative estimate of drug-likeness (QED) is 0.213. The smallest absolute Gasteiger partial charge is 0.303 e. The van der Waals surface area contributed by atoms with Gasteiger partial charge in [-0.15, -0.1) is 6.58 Å². The number of nitrogens with zero attached hydrogens (tertiary/aromatic N) is 5. The maximum atomic E-state index is 10.8. The van der Waals surface area contributed by atoms with Crippen molar-refractivity contribution >= 4 is 33.9 Å². The molecular formula is C11H17ClN5O2S+. The van der Waals surface area contributed by atoms with Crippen molar-refractivity contribution in [2.45, 2.75) is 13.0 Å². The Morgan fingerprint density at radius 2 is 2.35 bits per heavy atom. The summed E-state index contributed by atoms with van der Waals surface area (Å²) >= 11 is 7.10. The molecule has 0 radical (unpaired) electrons. The molecule has 1 rings (SSSR count). The van der Waals surface area contributed by atoms with Crippen LogP contribution in [-0.4, -0.2) is 48.1 Å². The first kappa shape index (κ1) is 16.5. The van der Waals surface area contributed by atoms with E-state index >= 15 is 0 Å². The van der Waals surface area contributed by atoms with E-state index in [-0.39, 0.29) is 16.5 Å². The maximum Gasteiger partial charge on any atom is 0.376 e. The first-order valence-electron chi connectivity index (χ1n) is 5.75. The predicted octanol–water partition coefficient (Wildman–Crippen LogP) is 2.42. The molecule has 0 aliphatic rings. The van der Waals surface area contributed by atoms with Crippen LogP contribution in [0.4, 0.5) is 5.00 Å². The third-order valence-electron chi connectivity index (χ3n) is 2.95. The van der Waals surface area contributed by atoms with E-state index in [1.807, 2.05) is 6.92 Å². The van der Waals surface area contributed by atoms with Crippen molar-refractivity contribution in [3.8, 4) is 0 Å². The monoisotopic (exact) mass is 318 g/mol. The summed E-state index contributed by atoms with van der Waals surface area (Å²) in [4.78, 5) is 16.5. The number of guanidine groups is 1. The number of aromatic nitrogens is 1. The minimum atomic E-state index is -0.704. The zero-order chi connectivity index (χ0) is 15.5. The first-order valence-corrected chi connectivity index (χ1v) is 6.94. The van der Waals surface area contributed by atoms with E-state index in [0.29, 0.717) is 4.47 Å². The second-order valence-electron chi connectivity index (χ2n) is 4.63. The van der Waals surface area contributed by atoms with Gasteiger partial charge in [0, 0.05) is 7.05 Å². The largest absolute Gasteiger partial charge is 0.376 e. The van der Waals surface area contributed by atoms with Crippen LogP contribution < -0.4 is 4.48 Å². The molecule has 0 amide bonds. The van der Waals surface area contributed by atoms with Gasteiger partial charge in [-0.2, -0.15) is 0 Å². The summed E-state index contributed by atoms with van der Waals surface area (Å²) < 4.78 is 0.450. The number of hydrazone groups is 1. The molecule has 1 unspecified atom stereocenters. The summed E-state index contributed by atoms with van der Waals surface area (Å²) in [5.74, 6) is 0.266. The highest BCUT2D eigenvalue weighted by Crippen LogP contribution is 2.31. The molecule has 9 heteroatoms. The molecule has 0 saturated heterocycles. The summed E-state index contributed by atoms with van der Waals surface area (Å²) in [7, 11) is 5.31. The van der Waals surface area contributed by atoms with Crippen LogP contribution in [0.3, 0.4) is 0 Å². The average molecular weight is 319 g/mol. The number of thiazole rings is 1. The number of halogens is 1. The third kappa shape index (κ3) is 3.53. The van der Waals surface area contributed by atoms with Gasteiger partial charge in [0.1, 0.15) is 11.3 Å². The molecular weight excluding hydrogens is 302 g/mol. The number of quaternary nitrogens is 1. The molecule has 7 nitrogen and oxygen atoms in total. The minimum Gasteiger partial charge on any atom is -0.303 e. The van der Waals surface area contributed by atoms with Crippen LogP contribution in [0.2, 0.25) is 4.47 Å². The standard InChI is InChI=1S/C11H17ClN5O2S/c1-6-8(2)15(3)11(14-16(18)19)17(4,5)9-7-13-10(12)20-9/h6-8H,1H2,2-5H3/q+1. The fourth-order valence-electron chi connectivity index (χ4n) is 1.59. The molecule has 0 aromatic carbocycles. The van der Waals surface area contributed by atoms with Gasteiger partial charge in [-0.3, -0.25) is 0 Å². The summed E-state index contributed by atoms with van der Waals surface area (Å²) in [5, 5.41) is 14.4. The van der Waals surface area contributed by atoms with Crippen LogP contribution in [0.25, 0.3) is 0 Å². The van der Waals surface area contributed by atoms with Crippen molar-refractivity contribution in [3.63, 3.8) is 0 Å². The lowest BCUT2D eigenvalue weighted by atomic mass is 10.3. The van der Waals surface area contributed by atoms with E-state index in [4.69, 9.17) is 11.6 Å². The van der Waals surface area contributed by atoms with Gasteiger partial charge in [0.15, 0.2) is 9.50 Å². The van der Waals surface area contributed by atoms with E-state index in [1.54, 1.807) is 38.3 Å². The van der Waals surface area contributed by atoms with E-state index in [9.17, 15) is 10.1 Å². The summed E-state index contributed by atoms with van der Waals surface area (Å²) in [6.07, 6.45) is 3.28. The second kappa shape index (κ2) is 6.29. The molecule has 1 aromatic heterocycles. The van der Waals surface area contributed by atoms with Gasteiger partial charge in [-0.05, 0) is 18.3 Å². The number of nitro groups is 1. The zero-order valence-corrected chi connectivity index (χ0v) is 13.4. The van der Waals surface area contributed by atoms with Gasteiger partial charge in [0.25, 0.3) is 0 Å².